The van der Waals surface area contributed by atoms with Crippen LogP contribution >= 0.6 is 22.6 Å². The summed E-state index contributed by atoms with van der Waals surface area (Å²) in [6.07, 6.45) is 0. The van der Waals surface area contributed by atoms with Crippen LogP contribution in [0.5, 0.6) is 0 Å². The van der Waals surface area contributed by atoms with Crippen molar-refractivity contribution in [3.63, 3.8) is 0 Å². The lowest BCUT2D eigenvalue weighted by Gasteiger charge is -2.26. The number of hydrogen-bond acceptors (Lipinski definition) is 4. The molecule has 0 unspecified atom stereocenters. The first-order valence-electron chi connectivity index (χ1n) is 6.60. The molecule has 0 atom stereocenters. The van der Waals surface area contributed by atoms with Crippen LogP contribution < -0.4 is 4.90 Å². The molecule has 0 aliphatic carbocycles. The van der Waals surface area contributed by atoms with Crippen LogP contribution in [0, 0.1) is 3.57 Å². The molecule has 4 nitrogen and oxygen atoms in total. The van der Waals surface area contributed by atoms with Gasteiger partial charge in [0, 0.05) is 16.7 Å². The molecule has 0 radical (unpaired) electrons. The predicted octanol–water partition coefficient (Wildman–Crippen LogP) is 2.16. The molecule has 1 fully saturated rings. The van der Waals surface area contributed by atoms with Gasteiger partial charge in [0.25, 0.3) is 0 Å². The van der Waals surface area contributed by atoms with E-state index < -0.39 is 0 Å². The predicted molar refractivity (Wildman–Crippen MR) is 83.8 cm³/mol. The summed E-state index contributed by atoms with van der Waals surface area (Å²) in [6, 6.07) is 8.41. The lowest BCUT2D eigenvalue weighted by Crippen LogP contribution is -2.32. The largest absolute Gasteiger partial charge is 0.377 e. The fourth-order valence-corrected chi connectivity index (χ4v) is 2.68. The van der Waals surface area contributed by atoms with Gasteiger partial charge in [-0.1, -0.05) is 12.1 Å². The van der Waals surface area contributed by atoms with Crippen molar-refractivity contribution >= 4 is 28.3 Å². The number of hydrogen-bond donors (Lipinski definition) is 0. The fraction of sp³-hybridized carbons (Fsp3) is 0.571. The Kier molecular flexibility index (Phi) is 6.91. The zero-order valence-corrected chi connectivity index (χ0v) is 13.2. The Morgan fingerprint density at radius 1 is 0.789 bits per heavy atom. The minimum Gasteiger partial charge on any atom is -0.377 e. The summed E-state index contributed by atoms with van der Waals surface area (Å²) >= 11 is 2.37. The Labute approximate surface area is 128 Å². The highest BCUT2D eigenvalue weighted by Gasteiger charge is 2.10. The number of benzene rings is 1. The van der Waals surface area contributed by atoms with Crippen LogP contribution in [0.15, 0.2) is 24.3 Å². The number of anilines is 1. The van der Waals surface area contributed by atoms with E-state index in [0.29, 0.717) is 39.6 Å². The Bertz CT molecular complexity index is 363. The number of halogens is 1. The summed E-state index contributed by atoms with van der Waals surface area (Å²) in [4.78, 5) is 2.32. The second kappa shape index (κ2) is 8.73. The van der Waals surface area contributed by atoms with Crippen LogP contribution in [0.25, 0.3) is 0 Å². The molecule has 0 saturated carbocycles. The summed E-state index contributed by atoms with van der Waals surface area (Å²) in [7, 11) is 0. The third kappa shape index (κ3) is 5.25. The molecular formula is C14H20INO3. The smallest absolute Gasteiger partial charge is 0.0701 e. The number of ether oxygens (including phenoxy) is 3. The maximum absolute atomic E-state index is 5.59. The fourth-order valence-electron chi connectivity index (χ4n) is 1.95. The van der Waals surface area contributed by atoms with E-state index in [4.69, 9.17) is 14.2 Å². The highest BCUT2D eigenvalue weighted by molar-refractivity contribution is 14.1. The first-order valence-corrected chi connectivity index (χ1v) is 7.68. The Morgan fingerprint density at radius 3 is 1.89 bits per heavy atom. The van der Waals surface area contributed by atoms with E-state index in [9.17, 15) is 0 Å². The van der Waals surface area contributed by atoms with E-state index in [1.165, 1.54) is 9.26 Å². The van der Waals surface area contributed by atoms with Crippen molar-refractivity contribution in [2.45, 2.75) is 0 Å². The summed E-state index contributed by atoms with van der Waals surface area (Å²) < 4.78 is 17.8. The first kappa shape index (κ1) is 15.0. The van der Waals surface area contributed by atoms with Crippen LogP contribution in [0.1, 0.15) is 0 Å². The van der Waals surface area contributed by atoms with Gasteiger partial charge in [-0.25, -0.2) is 0 Å². The summed E-state index contributed by atoms with van der Waals surface area (Å²) in [5, 5.41) is 0. The van der Waals surface area contributed by atoms with Crippen molar-refractivity contribution in [1.82, 2.24) is 0 Å². The van der Waals surface area contributed by atoms with Gasteiger partial charge in [0.15, 0.2) is 0 Å². The summed E-state index contributed by atoms with van der Waals surface area (Å²) in [5.41, 5.74) is 1.25. The molecule has 0 amide bonds. The molecule has 1 aromatic rings. The molecule has 0 aromatic heterocycles. The van der Waals surface area contributed by atoms with Crippen molar-refractivity contribution in [1.29, 1.82) is 0 Å². The maximum Gasteiger partial charge on any atom is 0.0701 e. The molecule has 0 spiro atoms. The molecule has 1 aliphatic rings. The van der Waals surface area contributed by atoms with Crippen LogP contribution in [-0.2, 0) is 14.2 Å². The third-order valence-electron chi connectivity index (χ3n) is 2.95. The third-order valence-corrected chi connectivity index (χ3v) is 3.86. The second-order valence-corrected chi connectivity index (χ2v) is 5.44. The van der Waals surface area contributed by atoms with Gasteiger partial charge >= 0.3 is 0 Å². The zero-order chi connectivity index (χ0) is 13.3. The van der Waals surface area contributed by atoms with Gasteiger partial charge in [0.1, 0.15) is 0 Å². The van der Waals surface area contributed by atoms with E-state index in [2.05, 4.69) is 51.8 Å². The van der Waals surface area contributed by atoms with Gasteiger partial charge in [-0.15, -0.1) is 0 Å². The zero-order valence-electron chi connectivity index (χ0n) is 11.0. The molecular weight excluding hydrogens is 357 g/mol. The van der Waals surface area contributed by atoms with Crippen molar-refractivity contribution in [3.8, 4) is 0 Å². The quantitative estimate of drug-likeness (QED) is 0.702. The molecule has 1 heterocycles. The number of nitrogens with zero attached hydrogens (tertiary/aromatic N) is 1. The van der Waals surface area contributed by atoms with Gasteiger partial charge in [0.2, 0.25) is 0 Å². The Balaban J connectivity index is 1.97. The van der Waals surface area contributed by atoms with Crippen molar-refractivity contribution in [2.24, 2.45) is 0 Å². The molecule has 1 aromatic carbocycles. The van der Waals surface area contributed by atoms with E-state index in [-0.39, 0.29) is 0 Å². The summed E-state index contributed by atoms with van der Waals surface area (Å²) in [6.45, 7) is 5.79. The Hall–Kier alpha value is -0.370. The van der Waals surface area contributed by atoms with Crippen molar-refractivity contribution in [2.75, 3.05) is 57.6 Å². The van der Waals surface area contributed by atoms with Crippen LogP contribution in [0.3, 0.4) is 0 Å². The van der Waals surface area contributed by atoms with Crippen LogP contribution in [0.4, 0.5) is 5.69 Å². The molecule has 1 saturated heterocycles. The average molecular weight is 377 g/mol. The standard InChI is InChI=1S/C14H20INO3/c15-13-3-1-2-4-14(13)16-5-7-17-9-11-19-12-10-18-8-6-16/h1-4H,5-12H2. The highest BCUT2D eigenvalue weighted by Crippen LogP contribution is 2.21. The summed E-state index contributed by atoms with van der Waals surface area (Å²) in [5.74, 6) is 0. The molecule has 1 aliphatic heterocycles. The normalized spacial score (nSPS) is 19.5. The molecule has 2 rings (SSSR count). The molecule has 0 bridgehead atoms. The molecule has 19 heavy (non-hydrogen) atoms. The van der Waals surface area contributed by atoms with Gasteiger partial charge in [-0.2, -0.15) is 0 Å². The van der Waals surface area contributed by atoms with E-state index in [1.807, 2.05) is 0 Å². The van der Waals surface area contributed by atoms with Crippen LogP contribution in [-0.4, -0.2) is 52.7 Å². The van der Waals surface area contributed by atoms with E-state index >= 15 is 0 Å². The van der Waals surface area contributed by atoms with Crippen LogP contribution in [0.2, 0.25) is 0 Å². The number of para-hydroxylation sites is 1. The minimum atomic E-state index is 0.645. The highest BCUT2D eigenvalue weighted by atomic mass is 127. The minimum absolute atomic E-state index is 0.645. The van der Waals surface area contributed by atoms with E-state index in [1.54, 1.807) is 0 Å². The SMILES string of the molecule is Ic1ccccc1N1CCOCCOCCOCC1. The monoisotopic (exact) mass is 377 g/mol. The van der Waals surface area contributed by atoms with Gasteiger partial charge in [-0.3, -0.25) is 0 Å². The molecule has 106 valence electrons. The van der Waals surface area contributed by atoms with Gasteiger partial charge in [-0.05, 0) is 34.7 Å². The van der Waals surface area contributed by atoms with Gasteiger partial charge < -0.3 is 19.1 Å². The average Bonchev–Trinajstić information content (AvgIpc) is 2.40. The number of rotatable bonds is 1. The van der Waals surface area contributed by atoms with Crippen molar-refractivity contribution < 1.29 is 14.2 Å². The lowest BCUT2D eigenvalue weighted by molar-refractivity contribution is 0.0126. The molecule has 0 N–H and O–H groups in total. The second-order valence-electron chi connectivity index (χ2n) is 4.28. The van der Waals surface area contributed by atoms with Crippen molar-refractivity contribution in [3.05, 3.63) is 27.8 Å². The first-order chi connectivity index (χ1) is 9.38. The van der Waals surface area contributed by atoms with E-state index in [0.717, 1.165) is 13.1 Å². The topological polar surface area (TPSA) is 30.9 Å². The maximum atomic E-state index is 5.59. The molecule has 5 heteroatoms. The van der Waals surface area contributed by atoms with Gasteiger partial charge in [0.05, 0.1) is 45.3 Å². The Morgan fingerprint density at radius 2 is 1.32 bits per heavy atom. The lowest BCUT2D eigenvalue weighted by atomic mass is 10.3.